The van der Waals surface area contributed by atoms with E-state index < -0.39 is 10.0 Å². The molecule has 16 heavy (non-hydrogen) atoms. The van der Waals surface area contributed by atoms with Crippen molar-refractivity contribution < 1.29 is 8.42 Å². The molecule has 0 aliphatic carbocycles. The van der Waals surface area contributed by atoms with Gasteiger partial charge in [-0.2, -0.15) is 4.31 Å². The van der Waals surface area contributed by atoms with Crippen LogP contribution >= 0.6 is 0 Å². The Morgan fingerprint density at radius 2 is 1.88 bits per heavy atom. The third kappa shape index (κ3) is 2.71. The van der Waals surface area contributed by atoms with Crippen LogP contribution in [-0.2, 0) is 16.6 Å². The molecule has 0 radical (unpaired) electrons. The van der Waals surface area contributed by atoms with Crippen LogP contribution in [0.1, 0.15) is 12.0 Å². The zero-order chi connectivity index (χ0) is 11.4. The Kier molecular flexibility index (Phi) is 3.41. The summed E-state index contributed by atoms with van der Waals surface area (Å²) in [6.07, 6.45) is 4.47. The van der Waals surface area contributed by atoms with E-state index in [-0.39, 0.29) is 5.75 Å². The lowest BCUT2D eigenvalue weighted by molar-refractivity contribution is 0.416. The number of benzene rings is 1. The van der Waals surface area contributed by atoms with E-state index in [1.807, 2.05) is 36.4 Å². The highest BCUT2D eigenvalue weighted by atomic mass is 32.2. The Bertz CT molecular complexity index is 465. The van der Waals surface area contributed by atoms with Gasteiger partial charge in [0.15, 0.2) is 0 Å². The first-order valence-electron chi connectivity index (χ1n) is 5.35. The minimum Gasteiger partial charge on any atom is -0.212 e. The zero-order valence-electron chi connectivity index (χ0n) is 9.04. The quantitative estimate of drug-likeness (QED) is 0.735. The van der Waals surface area contributed by atoms with Gasteiger partial charge in [-0.25, -0.2) is 8.42 Å². The lowest BCUT2D eigenvalue weighted by Crippen LogP contribution is -2.31. The molecule has 0 spiro atoms. The molecule has 86 valence electrons. The van der Waals surface area contributed by atoms with E-state index >= 15 is 0 Å². The van der Waals surface area contributed by atoms with Crippen LogP contribution in [0.15, 0.2) is 42.5 Å². The first kappa shape index (κ1) is 11.4. The molecular formula is C12H15NO2S. The van der Waals surface area contributed by atoms with E-state index in [0.29, 0.717) is 13.1 Å². The average molecular weight is 237 g/mol. The van der Waals surface area contributed by atoms with Crippen LogP contribution < -0.4 is 0 Å². The van der Waals surface area contributed by atoms with E-state index in [0.717, 1.165) is 12.0 Å². The molecule has 0 atom stereocenters. The van der Waals surface area contributed by atoms with Gasteiger partial charge in [-0.1, -0.05) is 42.5 Å². The number of rotatable bonds is 2. The average Bonchev–Trinajstić information content (AvgIpc) is 2.43. The lowest BCUT2D eigenvalue weighted by atomic mass is 10.2. The van der Waals surface area contributed by atoms with Crippen molar-refractivity contribution in [3.63, 3.8) is 0 Å². The number of sulfonamides is 1. The van der Waals surface area contributed by atoms with Gasteiger partial charge in [-0.15, -0.1) is 0 Å². The maximum Gasteiger partial charge on any atom is 0.217 e. The Hall–Kier alpha value is -1.13. The van der Waals surface area contributed by atoms with E-state index in [2.05, 4.69) is 0 Å². The number of hydrogen-bond acceptors (Lipinski definition) is 2. The third-order valence-corrected chi connectivity index (χ3v) is 4.33. The first-order chi connectivity index (χ1) is 7.68. The second-order valence-electron chi connectivity index (χ2n) is 3.86. The smallest absolute Gasteiger partial charge is 0.212 e. The minimum atomic E-state index is -3.11. The fourth-order valence-electron chi connectivity index (χ4n) is 1.73. The molecule has 2 rings (SSSR count). The first-order valence-corrected chi connectivity index (χ1v) is 6.96. The predicted molar refractivity (Wildman–Crippen MR) is 64.4 cm³/mol. The lowest BCUT2D eigenvalue weighted by Gasteiger charge is -2.19. The molecule has 3 nitrogen and oxygen atoms in total. The van der Waals surface area contributed by atoms with Crippen molar-refractivity contribution in [2.75, 3.05) is 12.3 Å². The molecular weight excluding hydrogens is 222 g/mol. The molecule has 0 aromatic heterocycles. The standard InChI is InChI=1S/C12H15NO2S/c14-16(15)10-6-2-5-9-13(16)11-12-7-3-1-4-8-12/h1-4,6-8H,5,9-11H2. The second-order valence-corrected chi connectivity index (χ2v) is 5.87. The van der Waals surface area contributed by atoms with Crippen LogP contribution in [0.5, 0.6) is 0 Å². The summed E-state index contributed by atoms with van der Waals surface area (Å²) in [7, 11) is -3.11. The Morgan fingerprint density at radius 3 is 2.62 bits per heavy atom. The van der Waals surface area contributed by atoms with Gasteiger partial charge in [0.2, 0.25) is 10.0 Å². The minimum absolute atomic E-state index is 0.125. The van der Waals surface area contributed by atoms with Crippen molar-refractivity contribution in [1.29, 1.82) is 0 Å². The van der Waals surface area contributed by atoms with Gasteiger partial charge in [-0.3, -0.25) is 0 Å². The van der Waals surface area contributed by atoms with Crippen LogP contribution in [0, 0.1) is 0 Å². The van der Waals surface area contributed by atoms with Crippen molar-refractivity contribution in [3.8, 4) is 0 Å². The summed E-state index contributed by atoms with van der Waals surface area (Å²) in [5.74, 6) is 0.125. The summed E-state index contributed by atoms with van der Waals surface area (Å²) in [5, 5.41) is 0. The summed E-state index contributed by atoms with van der Waals surface area (Å²) in [4.78, 5) is 0. The van der Waals surface area contributed by atoms with Gasteiger partial charge in [0.25, 0.3) is 0 Å². The van der Waals surface area contributed by atoms with Gasteiger partial charge in [0.05, 0.1) is 5.75 Å². The molecule has 0 unspecified atom stereocenters. The van der Waals surface area contributed by atoms with Crippen molar-refractivity contribution in [1.82, 2.24) is 4.31 Å². The SMILES string of the molecule is O=S1(=O)CC=CCCN1Cc1ccccc1. The van der Waals surface area contributed by atoms with Gasteiger partial charge in [-0.05, 0) is 12.0 Å². The Balaban J connectivity index is 2.15. The topological polar surface area (TPSA) is 37.4 Å². The van der Waals surface area contributed by atoms with E-state index in [1.54, 1.807) is 10.4 Å². The highest BCUT2D eigenvalue weighted by Crippen LogP contribution is 2.13. The molecule has 0 fully saturated rings. The molecule has 0 bridgehead atoms. The monoisotopic (exact) mass is 237 g/mol. The van der Waals surface area contributed by atoms with E-state index in [4.69, 9.17) is 0 Å². The maximum atomic E-state index is 11.9. The van der Waals surface area contributed by atoms with Gasteiger partial charge in [0.1, 0.15) is 0 Å². The van der Waals surface area contributed by atoms with Gasteiger partial charge in [0, 0.05) is 13.1 Å². The summed E-state index contributed by atoms with van der Waals surface area (Å²) in [6, 6.07) is 9.69. The predicted octanol–water partition coefficient (Wildman–Crippen LogP) is 1.78. The molecule has 0 amide bonds. The molecule has 4 heteroatoms. The van der Waals surface area contributed by atoms with Crippen LogP contribution in [0.3, 0.4) is 0 Å². The van der Waals surface area contributed by atoms with Crippen molar-refractivity contribution >= 4 is 10.0 Å². The Morgan fingerprint density at radius 1 is 1.12 bits per heavy atom. The van der Waals surface area contributed by atoms with Gasteiger partial charge < -0.3 is 0 Å². The van der Waals surface area contributed by atoms with E-state index in [9.17, 15) is 8.42 Å². The van der Waals surface area contributed by atoms with Gasteiger partial charge >= 0.3 is 0 Å². The second kappa shape index (κ2) is 4.80. The summed E-state index contributed by atoms with van der Waals surface area (Å²) < 4.78 is 25.3. The summed E-state index contributed by atoms with van der Waals surface area (Å²) >= 11 is 0. The van der Waals surface area contributed by atoms with Crippen LogP contribution in [0.25, 0.3) is 0 Å². The third-order valence-electron chi connectivity index (χ3n) is 2.61. The van der Waals surface area contributed by atoms with E-state index in [1.165, 1.54) is 0 Å². The van der Waals surface area contributed by atoms with Crippen molar-refractivity contribution in [3.05, 3.63) is 48.0 Å². The van der Waals surface area contributed by atoms with Crippen LogP contribution in [-0.4, -0.2) is 25.0 Å². The number of hydrogen-bond donors (Lipinski definition) is 0. The zero-order valence-corrected chi connectivity index (χ0v) is 9.86. The fourth-order valence-corrected chi connectivity index (χ4v) is 3.05. The van der Waals surface area contributed by atoms with Crippen LogP contribution in [0.2, 0.25) is 0 Å². The summed E-state index contributed by atoms with van der Waals surface area (Å²) in [5.41, 5.74) is 1.04. The van der Waals surface area contributed by atoms with Crippen molar-refractivity contribution in [2.45, 2.75) is 13.0 Å². The molecule has 1 aliphatic heterocycles. The molecule has 1 aromatic rings. The molecule has 0 saturated carbocycles. The molecule has 1 heterocycles. The molecule has 0 saturated heterocycles. The highest BCUT2D eigenvalue weighted by Gasteiger charge is 2.21. The highest BCUT2D eigenvalue weighted by molar-refractivity contribution is 7.89. The summed E-state index contributed by atoms with van der Waals surface area (Å²) in [6.45, 7) is 1.05. The fraction of sp³-hybridized carbons (Fsp3) is 0.333. The molecule has 1 aliphatic rings. The van der Waals surface area contributed by atoms with Crippen LogP contribution in [0.4, 0.5) is 0 Å². The number of nitrogens with zero attached hydrogens (tertiary/aromatic N) is 1. The largest absolute Gasteiger partial charge is 0.217 e. The molecule has 1 aromatic carbocycles. The Labute approximate surface area is 96.4 Å². The maximum absolute atomic E-state index is 11.9. The molecule has 0 N–H and O–H groups in total. The normalized spacial score (nSPS) is 20.5. The van der Waals surface area contributed by atoms with Crippen molar-refractivity contribution in [2.24, 2.45) is 0 Å².